The lowest BCUT2D eigenvalue weighted by molar-refractivity contribution is 0.0103. The average Bonchev–Trinajstić information content (AvgIpc) is 2.86. The second-order valence-electron chi connectivity index (χ2n) is 7.17. The minimum absolute atomic E-state index is 0.154. The fourth-order valence-corrected chi connectivity index (χ4v) is 4.06. The molecule has 2 aliphatic rings. The van der Waals surface area contributed by atoms with Crippen LogP contribution in [0.3, 0.4) is 0 Å². The van der Waals surface area contributed by atoms with Crippen LogP contribution >= 0.6 is 0 Å². The van der Waals surface area contributed by atoms with Crippen LogP contribution in [0.2, 0.25) is 0 Å². The lowest BCUT2D eigenvalue weighted by Crippen LogP contribution is -2.50. The van der Waals surface area contributed by atoms with Gasteiger partial charge in [-0.05, 0) is 31.5 Å². The number of pyridine rings is 1. The largest absolute Gasteiger partial charge is 0.379 e. The summed E-state index contributed by atoms with van der Waals surface area (Å²) in [5.74, 6) is 0.953. The zero-order valence-electron chi connectivity index (χ0n) is 14.5. The van der Waals surface area contributed by atoms with Crippen molar-refractivity contribution in [2.75, 3.05) is 44.3 Å². The van der Waals surface area contributed by atoms with Gasteiger partial charge in [0.05, 0.1) is 25.1 Å². The number of nitrogens with zero attached hydrogens (tertiary/aromatic N) is 5. The molecule has 4 rings (SSSR count). The third-order valence-electron chi connectivity index (χ3n) is 5.17. The second kappa shape index (κ2) is 7.45. The number of aromatic nitrogens is 3. The highest BCUT2D eigenvalue weighted by Crippen LogP contribution is 2.34. The van der Waals surface area contributed by atoms with Crippen molar-refractivity contribution in [1.82, 2.24) is 19.9 Å². The summed E-state index contributed by atoms with van der Waals surface area (Å²) in [7, 11) is 0. The van der Waals surface area contributed by atoms with Crippen molar-refractivity contribution in [2.24, 2.45) is 5.41 Å². The highest BCUT2D eigenvalue weighted by molar-refractivity contribution is 5.36. The van der Waals surface area contributed by atoms with Crippen LogP contribution in [0.1, 0.15) is 18.5 Å². The topological polar surface area (TPSA) is 54.4 Å². The Balaban J connectivity index is 1.49. The highest BCUT2D eigenvalue weighted by Gasteiger charge is 2.39. The van der Waals surface area contributed by atoms with Crippen molar-refractivity contribution < 1.29 is 4.74 Å². The number of anilines is 1. The van der Waals surface area contributed by atoms with Crippen LogP contribution in [0.4, 0.5) is 5.82 Å². The summed E-state index contributed by atoms with van der Waals surface area (Å²) in [4.78, 5) is 18.1. The van der Waals surface area contributed by atoms with Crippen LogP contribution in [0.15, 0.2) is 43.0 Å². The summed E-state index contributed by atoms with van der Waals surface area (Å²) in [6.45, 7) is 6.50. The van der Waals surface area contributed by atoms with E-state index in [-0.39, 0.29) is 5.41 Å². The van der Waals surface area contributed by atoms with Gasteiger partial charge in [0.1, 0.15) is 5.82 Å². The number of hydrogen-bond acceptors (Lipinski definition) is 6. The molecule has 0 saturated carbocycles. The first-order chi connectivity index (χ1) is 12.3. The third-order valence-corrected chi connectivity index (χ3v) is 5.17. The minimum Gasteiger partial charge on any atom is -0.379 e. The predicted molar refractivity (Wildman–Crippen MR) is 96.2 cm³/mol. The maximum absolute atomic E-state index is 6.01. The molecule has 2 aromatic heterocycles. The van der Waals surface area contributed by atoms with Crippen LogP contribution in [0, 0.1) is 5.41 Å². The molecule has 4 heterocycles. The van der Waals surface area contributed by atoms with Gasteiger partial charge in [-0.3, -0.25) is 14.9 Å². The van der Waals surface area contributed by atoms with Gasteiger partial charge in [0, 0.05) is 50.2 Å². The lowest BCUT2D eigenvalue weighted by atomic mass is 9.80. The van der Waals surface area contributed by atoms with Crippen molar-refractivity contribution in [3.63, 3.8) is 0 Å². The molecule has 0 radical (unpaired) electrons. The van der Waals surface area contributed by atoms with Crippen molar-refractivity contribution >= 4 is 5.82 Å². The van der Waals surface area contributed by atoms with Gasteiger partial charge in [-0.15, -0.1) is 0 Å². The Morgan fingerprint density at radius 3 is 2.92 bits per heavy atom. The molecule has 0 bridgehead atoms. The molecule has 132 valence electrons. The molecular weight excluding hydrogens is 314 g/mol. The first-order valence-corrected chi connectivity index (χ1v) is 9.04. The zero-order valence-corrected chi connectivity index (χ0v) is 14.5. The summed E-state index contributed by atoms with van der Waals surface area (Å²) >= 11 is 0. The van der Waals surface area contributed by atoms with Gasteiger partial charge in [0.25, 0.3) is 0 Å². The van der Waals surface area contributed by atoms with Crippen molar-refractivity contribution in [3.05, 3.63) is 48.7 Å². The summed E-state index contributed by atoms with van der Waals surface area (Å²) < 4.78 is 6.01. The number of piperidine rings is 1. The summed E-state index contributed by atoms with van der Waals surface area (Å²) in [6, 6.07) is 6.14. The molecule has 0 amide bonds. The molecule has 2 fully saturated rings. The lowest BCUT2D eigenvalue weighted by Gasteiger charge is -2.43. The van der Waals surface area contributed by atoms with Gasteiger partial charge in [-0.2, -0.15) is 0 Å². The zero-order chi connectivity index (χ0) is 17.0. The molecule has 1 atom stereocenters. The minimum atomic E-state index is 0.154. The normalized spacial score (nSPS) is 25.0. The van der Waals surface area contributed by atoms with Crippen molar-refractivity contribution in [2.45, 2.75) is 19.4 Å². The number of hydrogen-bond donors (Lipinski definition) is 0. The van der Waals surface area contributed by atoms with E-state index in [0.717, 1.165) is 57.4 Å². The van der Waals surface area contributed by atoms with Crippen LogP contribution in [0.5, 0.6) is 0 Å². The van der Waals surface area contributed by atoms with Gasteiger partial charge in [-0.1, -0.05) is 6.07 Å². The fraction of sp³-hybridized carbons (Fsp3) is 0.526. The molecule has 0 aromatic carbocycles. The van der Waals surface area contributed by atoms with Crippen molar-refractivity contribution in [1.29, 1.82) is 0 Å². The molecule has 6 nitrogen and oxygen atoms in total. The first-order valence-electron chi connectivity index (χ1n) is 9.04. The molecule has 0 aliphatic carbocycles. The Morgan fingerprint density at radius 2 is 2.08 bits per heavy atom. The number of ether oxygens (including phenoxy) is 1. The Labute approximate surface area is 148 Å². The van der Waals surface area contributed by atoms with Crippen LogP contribution in [0.25, 0.3) is 0 Å². The van der Waals surface area contributed by atoms with E-state index in [1.54, 1.807) is 12.4 Å². The van der Waals surface area contributed by atoms with E-state index in [2.05, 4.69) is 36.9 Å². The molecule has 6 heteroatoms. The second-order valence-corrected chi connectivity index (χ2v) is 7.17. The predicted octanol–water partition coefficient (Wildman–Crippen LogP) is 1.99. The standard InChI is InChI=1S/C19H25N5O/c1-2-6-21-17(4-1)13-23-9-3-5-19(14-23)15-24(10-11-25-16-19)18-12-20-7-8-22-18/h1-2,4,6-8,12H,3,5,9-11,13-16H2. The first kappa shape index (κ1) is 16.4. The molecule has 2 aromatic rings. The quantitative estimate of drug-likeness (QED) is 0.852. The van der Waals surface area contributed by atoms with Crippen LogP contribution < -0.4 is 4.90 Å². The van der Waals surface area contributed by atoms with E-state index >= 15 is 0 Å². The van der Waals surface area contributed by atoms with Crippen LogP contribution in [-0.2, 0) is 11.3 Å². The van der Waals surface area contributed by atoms with E-state index in [1.807, 2.05) is 18.5 Å². The van der Waals surface area contributed by atoms with E-state index in [0.29, 0.717) is 0 Å². The highest BCUT2D eigenvalue weighted by atomic mass is 16.5. The summed E-state index contributed by atoms with van der Waals surface area (Å²) in [6.07, 6.45) is 9.62. The van der Waals surface area contributed by atoms with Crippen molar-refractivity contribution in [3.8, 4) is 0 Å². The maximum Gasteiger partial charge on any atom is 0.147 e. The molecule has 1 spiro atoms. The van der Waals surface area contributed by atoms with Crippen LogP contribution in [-0.4, -0.2) is 59.2 Å². The van der Waals surface area contributed by atoms with Gasteiger partial charge in [0.2, 0.25) is 0 Å². The fourth-order valence-electron chi connectivity index (χ4n) is 4.06. The van der Waals surface area contributed by atoms with Gasteiger partial charge in [-0.25, -0.2) is 4.98 Å². The Kier molecular flexibility index (Phi) is 4.90. The molecule has 0 N–H and O–H groups in total. The number of rotatable bonds is 3. The average molecular weight is 339 g/mol. The van der Waals surface area contributed by atoms with Gasteiger partial charge < -0.3 is 9.64 Å². The Hall–Kier alpha value is -2.05. The van der Waals surface area contributed by atoms with Gasteiger partial charge in [0.15, 0.2) is 0 Å². The SMILES string of the molecule is c1ccc(CN2CCCC3(COCCN(c4cnccn4)C3)C2)nc1. The van der Waals surface area contributed by atoms with E-state index in [1.165, 1.54) is 12.8 Å². The summed E-state index contributed by atoms with van der Waals surface area (Å²) in [5.41, 5.74) is 1.29. The van der Waals surface area contributed by atoms with E-state index in [9.17, 15) is 0 Å². The molecule has 2 saturated heterocycles. The molecule has 25 heavy (non-hydrogen) atoms. The summed E-state index contributed by atoms with van der Waals surface area (Å²) in [5, 5.41) is 0. The van der Waals surface area contributed by atoms with E-state index < -0.39 is 0 Å². The molecule has 1 unspecified atom stereocenters. The van der Waals surface area contributed by atoms with E-state index in [4.69, 9.17) is 4.74 Å². The maximum atomic E-state index is 6.01. The molecular formula is C19H25N5O. The van der Waals surface area contributed by atoms with Gasteiger partial charge >= 0.3 is 0 Å². The third kappa shape index (κ3) is 3.96. The molecule has 2 aliphatic heterocycles. The smallest absolute Gasteiger partial charge is 0.147 e. The number of likely N-dealkylation sites (tertiary alicyclic amines) is 1. The monoisotopic (exact) mass is 339 g/mol. The Bertz CT molecular complexity index is 668. The Morgan fingerprint density at radius 1 is 1.08 bits per heavy atom.